The Bertz CT molecular complexity index is 4500. The zero-order valence-electron chi connectivity index (χ0n) is 43.1. The van der Waals surface area contributed by atoms with Crippen LogP contribution in [0.25, 0.3) is 99.6 Å². The van der Waals surface area contributed by atoms with Crippen molar-refractivity contribution in [3.8, 4) is 50.9 Å². The number of pyridine rings is 1. The Balaban J connectivity index is 1.12. The number of para-hydroxylation sites is 5. The van der Waals surface area contributed by atoms with Crippen molar-refractivity contribution in [3.63, 3.8) is 0 Å². The van der Waals surface area contributed by atoms with Crippen molar-refractivity contribution in [1.29, 1.82) is 0 Å². The second-order valence-electron chi connectivity index (χ2n) is 18.9. The van der Waals surface area contributed by atoms with E-state index in [0.717, 1.165) is 81.4 Å². The monoisotopic (exact) mass is 1100 g/mol. The van der Waals surface area contributed by atoms with Crippen LogP contribution in [0.1, 0.15) is 31.8 Å². The molecule has 0 unspecified atom stereocenters. The number of fused-ring (bicyclic) bond motifs is 7. The smallest absolute Gasteiger partial charge is 0.0561 e. The summed E-state index contributed by atoms with van der Waals surface area (Å²) in [6, 6.07) is 68.7. The van der Waals surface area contributed by atoms with E-state index in [-0.39, 0.29) is 29.6 Å². The second kappa shape index (κ2) is 17.0. The van der Waals surface area contributed by atoms with Crippen LogP contribution in [-0.4, -0.2) is 23.1 Å². The third kappa shape index (κ3) is 7.12. The van der Waals surface area contributed by atoms with Crippen molar-refractivity contribution in [3.05, 3.63) is 240 Å². The predicted octanol–water partition coefficient (Wildman–Crippen LogP) is 16.5. The average Bonchev–Trinajstić information content (AvgIpc) is 4.03. The van der Waals surface area contributed by atoms with Crippen molar-refractivity contribution >= 4 is 60.2 Å². The Morgan fingerprint density at radius 2 is 1.08 bits per heavy atom. The first kappa shape index (κ1) is 38.5. The Morgan fingerprint density at radius 1 is 0.479 bits per heavy atom. The Labute approximate surface area is 427 Å². The van der Waals surface area contributed by atoms with Crippen LogP contribution in [-0.2, 0) is 24.8 Å². The maximum atomic E-state index is 9.21. The quantitative estimate of drug-likeness (QED) is 0.160. The van der Waals surface area contributed by atoms with Gasteiger partial charge in [0.1, 0.15) is 0 Å². The van der Waals surface area contributed by atoms with E-state index in [1.807, 2.05) is 47.0 Å². The number of hydrogen-bond donors (Lipinski definition) is 0. The minimum atomic E-state index is -0.301. The van der Waals surface area contributed by atoms with Gasteiger partial charge in [-0.05, 0) is 17.0 Å². The molecule has 7 heteroatoms. The molecular formula is C64H47N5OPt. The predicted molar refractivity (Wildman–Crippen MR) is 289 cm³/mol. The minimum absolute atomic E-state index is 0.103. The topological polar surface area (TPSA) is 41.3 Å². The normalized spacial score (nSPS) is 12.7. The first-order valence-electron chi connectivity index (χ1n) is 25.7. The fraction of sp³-hybridized carbons (Fsp3) is 0.0625. The van der Waals surface area contributed by atoms with Gasteiger partial charge in [0.05, 0.1) is 5.48 Å². The van der Waals surface area contributed by atoms with Gasteiger partial charge in [-0.2, -0.15) is 0 Å². The summed E-state index contributed by atoms with van der Waals surface area (Å²) in [4.78, 5) is 4.82. The summed E-state index contributed by atoms with van der Waals surface area (Å²) < 4.78 is 52.7. The number of rotatable bonds is 7. The van der Waals surface area contributed by atoms with Crippen molar-refractivity contribution in [2.24, 2.45) is 0 Å². The van der Waals surface area contributed by atoms with Gasteiger partial charge in [0.15, 0.2) is 0 Å². The number of aromatic nitrogens is 5. The van der Waals surface area contributed by atoms with Crippen molar-refractivity contribution in [1.82, 2.24) is 23.1 Å². The third-order valence-electron chi connectivity index (χ3n) is 13.6. The van der Waals surface area contributed by atoms with Crippen LogP contribution >= 0.6 is 0 Å². The van der Waals surface area contributed by atoms with Gasteiger partial charge in [0.2, 0.25) is 0 Å². The first-order valence-corrected chi connectivity index (χ1v) is 24.8. The third-order valence-corrected chi connectivity index (χ3v) is 14.6. The van der Waals surface area contributed by atoms with E-state index < -0.39 is 0 Å². The molecule has 0 saturated carbocycles. The molecule has 4 heterocycles. The molecule has 4 aromatic heterocycles. The standard InChI is InChI=1S/C64H47N5O.Pt/c1-64(2,3)45-37-38-65-61(39-45)69-56-31-16-13-25-51(56)53-35-33-47(40-59(53)69)70-48-34-36-57-60(41-48)67-42-66(62-49(43-19-7-4-8-20-43)27-17-28-50(62)44-21-9-5-10-22-44)58-32-18-29-54(63(58)67)52-26-14-15-30-55(52)68(57)46-23-11-6-12-24-46;/h4-41H,1-3H3;/i13D,16D,25D,31D;. The van der Waals surface area contributed by atoms with Crippen LogP contribution < -0.4 is 4.74 Å². The second-order valence-corrected chi connectivity index (χ2v) is 19.9. The summed E-state index contributed by atoms with van der Waals surface area (Å²) in [5.74, 6) is 1.66. The van der Waals surface area contributed by atoms with Gasteiger partial charge < -0.3 is 0 Å². The number of ether oxygens (including phenoxy) is 1. The van der Waals surface area contributed by atoms with Crippen molar-refractivity contribution in [2.75, 3.05) is 0 Å². The molecule has 0 spiro atoms. The van der Waals surface area contributed by atoms with Crippen LogP contribution in [0.2, 0.25) is 0 Å². The number of benzene rings is 9. The molecule has 344 valence electrons. The van der Waals surface area contributed by atoms with E-state index in [2.05, 4.69) is 211 Å². The van der Waals surface area contributed by atoms with Gasteiger partial charge in [0.25, 0.3) is 0 Å². The van der Waals surface area contributed by atoms with Crippen molar-refractivity contribution in [2.45, 2.75) is 26.2 Å². The molecule has 0 aliphatic heterocycles. The van der Waals surface area contributed by atoms with Gasteiger partial charge in [-0.25, -0.2) is 0 Å². The Morgan fingerprint density at radius 3 is 1.82 bits per heavy atom. The first-order chi connectivity index (χ1) is 36.5. The van der Waals surface area contributed by atoms with Crippen LogP contribution in [0.5, 0.6) is 11.5 Å². The average molecular weight is 1100 g/mol. The van der Waals surface area contributed by atoms with Crippen molar-refractivity contribution < 1.29 is 29.6 Å². The molecule has 0 aliphatic carbocycles. The summed E-state index contributed by atoms with van der Waals surface area (Å²) >= 11 is 2.52. The SMILES string of the molecule is [2H]c1c([2H])c([2H])c2c(c1[2H])c1ccc(Oc3ccc4c(c3)n3[c](=[Pt])n(-c5c(-c6ccccc6)cccc5-c5ccccc5)c5cccc(c6ccccc6n4-c4ccccc4)c53)cc1n2-c1cc(C(C)(C)C)ccn1. The van der Waals surface area contributed by atoms with E-state index in [1.165, 1.54) is 0 Å². The van der Waals surface area contributed by atoms with Gasteiger partial charge in [-0.3, -0.25) is 0 Å². The molecule has 13 aromatic rings. The van der Waals surface area contributed by atoms with Crippen LogP contribution in [0.4, 0.5) is 0 Å². The number of hydrogen-bond acceptors (Lipinski definition) is 2. The molecule has 9 aromatic carbocycles. The minimum Gasteiger partial charge on any atom is -0.0561 e. The molecule has 0 N–H and O–H groups in total. The maximum absolute atomic E-state index is 9.21. The molecule has 71 heavy (non-hydrogen) atoms. The van der Waals surface area contributed by atoms with Crippen LogP contribution in [0, 0.1) is 3.80 Å². The zero-order valence-corrected chi connectivity index (χ0v) is 41.4. The van der Waals surface area contributed by atoms with E-state index in [0.29, 0.717) is 39.1 Å². The van der Waals surface area contributed by atoms with Gasteiger partial charge in [-0.15, -0.1) is 0 Å². The molecule has 0 amide bonds. The molecular weight excluding hydrogens is 1050 g/mol. The number of imidazole rings is 1. The number of nitrogens with zero attached hydrogens (tertiary/aromatic N) is 5. The molecule has 0 fully saturated rings. The molecule has 0 atom stereocenters. The molecule has 13 rings (SSSR count). The summed E-state index contributed by atoms with van der Waals surface area (Å²) in [5.41, 5.74) is 13.3. The summed E-state index contributed by atoms with van der Waals surface area (Å²) in [7, 11) is 0. The van der Waals surface area contributed by atoms with E-state index in [4.69, 9.17) is 13.8 Å². The van der Waals surface area contributed by atoms with E-state index in [9.17, 15) is 1.37 Å². The van der Waals surface area contributed by atoms with Gasteiger partial charge >= 0.3 is 368 Å². The van der Waals surface area contributed by atoms with Crippen LogP contribution in [0.15, 0.2) is 231 Å². The molecule has 0 saturated heterocycles. The van der Waals surface area contributed by atoms with E-state index >= 15 is 0 Å². The Kier molecular flexibility index (Phi) is 9.21. The Hall–Kier alpha value is -8.31. The molecule has 0 radical (unpaired) electrons. The van der Waals surface area contributed by atoms with Crippen LogP contribution in [0.3, 0.4) is 0 Å². The van der Waals surface area contributed by atoms with Gasteiger partial charge in [-0.1, -0.05) is 32.9 Å². The molecule has 0 bridgehead atoms. The molecule has 0 aliphatic rings. The summed E-state index contributed by atoms with van der Waals surface area (Å²) in [6.45, 7) is 6.42. The van der Waals surface area contributed by atoms with E-state index in [1.54, 1.807) is 6.20 Å². The molecule has 6 nitrogen and oxygen atoms in total. The summed E-state index contributed by atoms with van der Waals surface area (Å²) in [5, 5.41) is 3.26. The fourth-order valence-electron chi connectivity index (χ4n) is 10.3. The fourth-order valence-corrected chi connectivity index (χ4v) is 11.4. The summed E-state index contributed by atoms with van der Waals surface area (Å²) in [6.07, 6.45) is 1.76. The zero-order chi connectivity index (χ0) is 51.3. The van der Waals surface area contributed by atoms with Gasteiger partial charge in [0, 0.05) is 6.20 Å².